The number of nitrogens with zero attached hydrogens (tertiary/aromatic N) is 2. The molecule has 1 aliphatic heterocycles. The molecule has 0 aliphatic carbocycles. The molecule has 0 spiro atoms. The van der Waals surface area contributed by atoms with Crippen LogP contribution in [-0.4, -0.2) is 16.1 Å². The summed E-state index contributed by atoms with van der Waals surface area (Å²) in [4.78, 5) is 4.81. The van der Waals surface area contributed by atoms with Crippen molar-refractivity contribution in [2.75, 3.05) is 11.9 Å². The van der Waals surface area contributed by atoms with Crippen LogP contribution in [0.15, 0.2) is 42.5 Å². The lowest BCUT2D eigenvalue weighted by Crippen LogP contribution is -2.23. The molecule has 2 aromatic carbocycles. The second kappa shape index (κ2) is 4.78. The molecule has 21 heavy (non-hydrogen) atoms. The summed E-state index contributed by atoms with van der Waals surface area (Å²) in [6, 6.07) is 14.4. The molecule has 1 unspecified atom stereocenters. The number of anilines is 1. The minimum Gasteiger partial charge on any atom is -0.384 e. The largest absolute Gasteiger partial charge is 0.384 e. The molecule has 0 amide bonds. The molecule has 0 saturated carbocycles. The van der Waals surface area contributed by atoms with Gasteiger partial charge in [-0.25, -0.2) is 4.98 Å². The van der Waals surface area contributed by atoms with Crippen LogP contribution in [0.5, 0.6) is 0 Å². The molecule has 1 atom stereocenters. The first-order chi connectivity index (χ1) is 10.2. The molecule has 1 aliphatic rings. The summed E-state index contributed by atoms with van der Waals surface area (Å²) in [5, 5.41) is 4.27. The van der Waals surface area contributed by atoms with Gasteiger partial charge < -0.3 is 9.88 Å². The van der Waals surface area contributed by atoms with Crippen LogP contribution in [-0.2, 0) is 13.5 Å². The summed E-state index contributed by atoms with van der Waals surface area (Å²) in [5.41, 5.74) is 4.71. The van der Waals surface area contributed by atoms with Crippen molar-refractivity contribution in [1.29, 1.82) is 0 Å². The molecule has 0 bridgehead atoms. The molecule has 3 nitrogen and oxygen atoms in total. The normalized spacial score (nSPS) is 17.5. The quantitative estimate of drug-likeness (QED) is 0.736. The van der Waals surface area contributed by atoms with Gasteiger partial charge in [-0.2, -0.15) is 0 Å². The van der Waals surface area contributed by atoms with Crippen molar-refractivity contribution in [1.82, 2.24) is 9.55 Å². The molecule has 1 N–H and O–H groups in total. The summed E-state index contributed by atoms with van der Waals surface area (Å²) in [5.74, 6) is 1.50. The van der Waals surface area contributed by atoms with Gasteiger partial charge in [-0.05, 0) is 36.2 Å². The van der Waals surface area contributed by atoms with Crippen LogP contribution >= 0.6 is 11.6 Å². The minimum atomic E-state index is 0.385. The maximum atomic E-state index is 6.10. The smallest absolute Gasteiger partial charge is 0.114 e. The van der Waals surface area contributed by atoms with Crippen molar-refractivity contribution in [3.05, 3.63) is 58.9 Å². The Labute approximate surface area is 128 Å². The van der Waals surface area contributed by atoms with Gasteiger partial charge >= 0.3 is 0 Å². The fraction of sp³-hybridized carbons (Fsp3) is 0.235. The highest BCUT2D eigenvalue weighted by atomic mass is 35.5. The third kappa shape index (κ3) is 2.09. The van der Waals surface area contributed by atoms with Crippen molar-refractivity contribution in [3.63, 3.8) is 0 Å². The van der Waals surface area contributed by atoms with Crippen LogP contribution in [0, 0.1) is 0 Å². The zero-order valence-corrected chi connectivity index (χ0v) is 12.6. The molecule has 106 valence electrons. The standard InChI is InChI=1S/C17H16ClN3/c1-21-16-9-13(18)6-7-15(16)20-17(21)12-8-11-4-2-3-5-14(11)19-10-12/h2-7,9,12,19H,8,10H2,1H3. The summed E-state index contributed by atoms with van der Waals surface area (Å²) in [6.07, 6.45) is 1.02. The van der Waals surface area contributed by atoms with E-state index in [9.17, 15) is 0 Å². The molecule has 3 aromatic rings. The molecule has 2 heterocycles. The van der Waals surface area contributed by atoms with Gasteiger partial charge in [0, 0.05) is 30.2 Å². The van der Waals surface area contributed by atoms with Gasteiger partial charge in [0.25, 0.3) is 0 Å². The maximum absolute atomic E-state index is 6.10. The van der Waals surface area contributed by atoms with Gasteiger partial charge in [0.2, 0.25) is 0 Å². The van der Waals surface area contributed by atoms with Crippen molar-refractivity contribution >= 4 is 28.3 Å². The first-order valence-corrected chi connectivity index (χ1v) is 7.54. The van der Waals surface area contributed by atoms with E-state index in [1.807, 2.05) is 18.2 Å². The molecular formula is C17H16ClN3. The van der Waals surface area contributed by atoms with E-state index in [-0.39, 0.29) is 0 Å². The van der Waals surface area contributed by atoms with Gasteiger partial charge in [-0.15, -0.1) is 0 Å². The zero-order chi connectivity index (χ0) is 14.4. The summed E-state index contributed by atoms with van der Waals surface area (Å²) >= 11 is 6.10. The highest BCUT2D eigenvalue weighted by Gasteiger charge is 2.23. The Morgan fingerprint density at radius 3 is 3.00 bits per heavy atom. The predicted molar refractivity (Wildman–Crippen MR) is 87.1 cm³/mol. The molecule has 4 rings (SSSR count). The van der Waals surface area contributed by atoms with Gasteiger partial charge in [0.05, 0.1) is 11.0 Å². The van der Waals surface area contributed by atoms with Gasteiger partial charge in [0.15, 0.2) is 0 Å². The third-order valence-corrected chi connectivity index (χ3v) is 4.50. The summed E-state index contributed by atoms with van der Waals surface area (Å²) < 4.78 is 2.17. The second-order valence-electron chi connectivity index (χ2n) is 5.60. The number of hydrogen-bond donors (Lipinski definition) is 1. The topological polar surface area (TPSA) is 29.9 Å². The highest BCUT2D eigenvalue weighted by Crippen LogP contribution is 2.31. The van der Waals surface area contributed by atoms with Crippen LogP contribution < -0.4 is 5.32 Å². The Hall–Kier alpha value is -2.00. The number of hydrogen-bond acceptors (Lipinski definition) is 2. The number of aryl methyl sites for hydroxylation is 1. The van der Waals surface area contributed by atoms with Crippen molar-refractivity contribution in [2.45, 2.75) is 12.3 Å². The van der Waals surface area contributed by atoms with Gasteiger partial charge in [-0.3, -0.25) is 0 Å². The number of rotatable bonds is 1. The van der Waals surface area contributed by atoms with Crippen LogP contribution in [0.3, 0.4) is 0 Å². The molecule has 1 aromatic heterocycles. The summed E-state index contributed by atoms with van der Waals surface area (Å²) in [6.45, 7) is 0.919. The lowest BCUT2D eigenvalue weighted by atomic mass is 9.93. The van der Waals surface area contributed by atoms with E-state index in [0.717, 1.165) is 34.8 Å². The maximum Gasteiger partial charge on any atom is 0.114 e. The minimum absolute atomic E-state index is 0.385. The molecule has 0 fully saturated rings. The Morgan fingerprint density at radius 2 is 2.10 bits per heavy atom. The predicted octanol–water partition coefficient (Wildman–Crippen LogP) is 3.98. The van der Waals surface area contributed by atoms with Crippen LogP contribution in [0.4, 0.5) is 5.69 Å². The third-order valence-electron chi connectivity index (χ3n) is 4.27. The van der Waals surface area contributed by atoms with Crippen molar-refractivity contribution in [3.8, 4) is 0 Å². The van der Waals surface area contributed by atoms with E-state index in [0.29, 0.717) is 5.92 Å². The van der Waals surface area contributed by atoms with Crippen molar-refractivity contribution < 1.29 is 0 Å². The van der Waals surface area contributed by atoms with E-state index >= 15 is 0 Å². The molecular weight excluding hydrogens is 282 g/mol. The van der Waals surface area contributed by atoms with E-state index < -0.39 is 0 Å². The number of fused-ring (bicyclic) bond motifs is 2. The van der Waals surface area contributed by atoms with Crippen molar-refractivity contribution in [2.24, 2.45) is 7.05 Å². The molecule has 0 radical (unpaired) electrons. The number of para-hydroxylation sites is 1. The Balaban J connectivity index is 1.76. The van der Waals surface area contributed by atoms with Crippen LogP contribution in [0.2, 0.25) is 5.02 Å². The SMILES string of the molecule is Cn1c(C2CNc3ccccc3C2)nc2ccc(Cl)cc21. The number of nitrogens with one attached hydrogen (secondary N) is 1. The zero-order valence-electron chi connectivity index (χ0n) is 11.8. The second-order valence-corrected chi connectivity index (χ2v) is 6.04. The fourth-order valence-corrected chi connectivity index (χ4v) is 3.34. The van der Waals surface area contributed by atoms with E-state index in [4.69, 9.17) is 16.6 Å². The Kier molecular flexibility index (Phi) is 2.89. The first kappa shape index (κ1) is 12.7. The first-order valence-electron chi connectivity index (χ1n) is 7.16. The summed E-state index contributed by atoms with van der Waals surface area (Å²) in [7, 11) is 2.07. The average Bonchev–Trinajstić information content (AvgIpc) is 2.84. The van der Waals surface area contributed by atoms with Crippen LogP contribution in [0.1, 0.15) is 17.3 Å². The lowest BCUT2D eigenvalue weighted by Gasteiger charge is -2.25. The average molecular weight is 298 g/mol. The monoisotopic (exact) mass is 297 g/mol. The Morgan fingerprint density at radius 1 is 1.24 bits per heavy atom. The highest BCUT2D eigenvalue weighted by molar-refractivity contribution is 6.31. The van der Waals surface area contributed by atoms with E-state index in [1.54, 1.807) is 0 Å². The molecule has 4 heteroatoms. The Bertz CT molecular complexity index is 822. The van der Waals surface area contributed by atoms with Gasteiger partial charge in [0.1, 0.15) is 5.82 Å². The molecule has 0 saturated heterocycles. The fourth-order valence-electron chi connectivity index (χ4n) is 3.17. The van der Waals surface area contributed by atoms with E-state index in [2.05, 4.69) is 41.2 Å². The van der Waals surface area contributed by atoms with Gasteiger partial charge in [-0.1, -0.05) is 29.8 Å². The van der Waals surface area contributed by atoms with Crippen LogP contribution in [0.25, 0.3) is 11.0 Å². The number of aromatic nitrogens is 2. The number of benzene rings is 2. The number of imidazole rings is 1. The lowest BCUT2D eigenvalue weighted by molar-refractivity contribution is 0.624. The number of halogens is 1. The van der Waals surface area contributed by atoms with E-state index in [1.165, 1.54) is 11.3 Å².